The number of hydrogen-bond acceptors (Lipinski definition) is 5. The lowest BCUT2D eigenvalue weighted by Gasteiger charge is -2.26. The molecule has 34 heavy (non-hydrogen) atoms. The van der Waals surface area contributed by atoms with Crippen molar-refractivity contribution in [2.75, 3.05) is 19.5 Å². The van der Waals surface area contributed by atoms with Crippen molar-refractivity contribution in [2.24, 2.45) is 0 Å². The molecule has 10 heteroatoms. The third-order valence-electron chi connectivity index (χ3n) is 5.85. The van der Waals surface area contributed by atoms with Crippen LogP contribution in [0.3, 0.4) is 0 Å². The summed E-state index contributed by atoms with van der Waals surface area (Å²) < 4.78 is 50.3. The van der Waals surface area contributed by atoms with Crippen LogP contribution in [0.2, 0.25) is 0 Å². The van der Waals surface area contributed by atoms with E-state index in [0.717, 1.165) is 12.7 Å². The molecule has 0 radical (unpaired) electrons. The summed E-state index contributed by atoms with van der Waals surface area (Å²) >= 11 is 0. The fourth-order valence-corrected chi connectivity index (χ4v) is 3.98. The molecule has 2 aromatic rings. The number of carbonyl (C=O) groups is 1. The van der Waals surface area contributed by atoms with Crippen LogP contribution in [0.1, 0.15) is 55.2 Å². The lowest BCUT2D eigenvalue weighted by molar-refractivity contribution is -0.207. The van der Waals surface area contributed by atoms with Crippen molar-refractivity contribution < 1.29 is 37.7 Å². The van der Waals surface area contributed by atoms with Gasteiger partial charge in [-0.3, -0.25) is 0 Å². The third kappa shape index (κ3) is 5.23. The average molecular weight is 482 g/mol. The quantitative estimate of drug-likeness (QED) is 0.507. The molecule has 186 valence electrons. The first-order valence-corrected chi connectivity index (χ1v) is 10.7. The van der Waals surface area contributed by atoms with Gasteiger partial charge in [0.25, 0.3) is 0 Å². The number of alkyl halides is 3. The van der Waals surface area contributed by atoms with Crippen molar-refractivity contribution in [1.29, 1.82) is 0 Å². The topological polar surface area (TPSA) is 100 Å². The lowest BCUT2D eigenvalue weighted by atomic mass is 9.84. The Morgan fingerprint density at radius 1 is 1.12 bits per heavy atom. The Morgan fingerprint density at radius 2 is 1.79 bits per heavy atom. The first-order chi connectivity index (χ1) is 15.8. The highest BCUT2D eigenvalue weighted by atomic mass is 19.4. The molecule has 2 amide bonds. The van der Waals surface area contributed by atoms with E-state index in [0.29, 0.717) is 23.3 Å². The molecular formula is C24H29F3N2O5. The van der Waals surface area contributed by atoms with Gasteiger partial charge in [-0.1, -0.05) is 26.8 Å². The highest BCUT2D eigenvalue weighted by Gasteiger charge is 2.42. The molecule has 1 aliphatic rings. The molecule has 0 aromatic heterocycles. The Bertz CT molecular complexity index is 1070. The fraction of sp³-hybridized carbons (Fsp3) is 0.458. The predicted octanol–water partition coefficient (Wildman–Crippen LogP) is 4.38. The number of methoxy groups -OCH3 is 2. The molecule has 0 bridgehead atoms. The Kier molecular flexibility index (Phi) is 7.05. The molecule has 3 atom stereocenters. The van der Waals surface area contributed by atoms with Crippen molar-refractivity contribution in [3.8, 4) is 11.5 Å². The molecule has 0 fully saturated rings. The van der Waals surface area contributed by atoms with Crippen LogP contribution >= 0.6 is 0 Å². The van der Waals surface area contributed by atoms with Gasteiger partial charge in [-0.25, -0.2) is 4.79 Å². The Labute approximate surface area is 195 Å². The maximum absolute atomic E-state index is 13.3. The summed E-state index contributed by atoms with van der Waals surface area (Å²) in [5.41, 5.74) is 0.827. The molecule has 3 unspecified atom stereocenters. The fourth-order valence-electron chi connectivity index (χ4n) is 3.98. The van der Waals surface area contributed by atoms with Gasteiger partial charge in [-0.2, -0.15) is 13.2 Å². The van der Waals surface area contributed by atoms with Gasteiger partial charge in [-0.15, -0.1) is 0 Å². The van der Waals surface area contributed by atoms with Crippen LogP contribution in [0.15, 0.2) is 30.3 Å². The lowest BCUT2D eigenvalue weighted by Crippen LogP contribution is -2.40. The number of halogens is 3. The minimum atomic E-state index is -4.93. The van der Waals surface area contributed by atoms with Crippen LogP contribution in [-0.2, 0) is 11.8 Å². The summed E-state index contributed by atoms with van der Waals surface area (Å²) in [6.07, 6.45) is -8.34. The van der Waals surface area contributed by atoms with Crippen molar-refractivity contribution in [2.45, 2.75) is 57.0 Å². The zero-order valence-corrected chi connectivity index (χ0v) is 19.6. The molecule has 0 saturated carbocycles. The van der Waals surface area contributed by atoms with Crippen molar-refractivity contribution in [3.05, 3.63) is 52.6 Å². The van der Waals surface area contributed by atoms with Crippen molar-refractivity contribution in [1.82, 2.24) is 5.32 Å². The second-order valence-corrected chi connectivity index (χ2v) is 9.26. The van der Waals surface area contributed by atoms with Gasteiger partial charge < -0.3 is 30.3 Å². The van der Waals surface area contributed by atoms with Crippen LogP contribution in [0.4, 0.5) is 23.7 Å². The number of aliphatic hydroxyl groups excluding tert-OH is 2. The SMILES string of the molecule is COc1ccc2c(c1)CC(NC(=O)Nc1cc(C(C)(C)C)cc(C(O)C(F)(F)F)c1OC)C2O. The Hall–Kier alpha value is -2.98. The number of anilines is 1. The van der Waals surface area contributed by atoms with E-state index in [1.165, 1.54) is 19.2 Å². The molecule has 0 aliphatic heterocycles. The molecular weight excluding hydrogens is 453 g/mol. The first-order valence-electron chi connectivity index (χ1n) is 10.7. The van der Waals surface area contributed by atoms with E-state index in [1.807, 2.05) is 0 Å². The average Bonchev–Trinajstić information content (AvgIpc) is 3.05. The summed E-state index contributed by atoms with van der Waals surface area (Å²) in [7, 11) is 2.69. The number of rotatable bonds is 5. The zero-order valence-electron chi connectivity index (χ0n) is 19.6. The van der Waals surface area contributed by atoms with Crippen molar-refractivity contribution in [3.63, 3.8) is 0 Å². The number of benzene rings is 2. The predicted molar refractivity (Wildman–Crippen MR) is 120 cm³/mol. The third-order valence-corrected chi connectivity index (χ3v) is 5.85. The van der Waals surface area contributed by atoms with E-state index in [9.17, 15) is 28.2 Å². The number of hydrogen-bond donors (Lipinski definition) is 4. The number of aliphatic hydroxyl groups is 2. The minimum absolute atomic E-state index is 0.0302. The molecule has 2 aromatic carbocycles. The maximum Gasteiger partial charge on any atom is 0.418 e. The number of nitrogens with one attached hydrogen (secondary N) is 2. The van der Waals surface area contributed by atoms with E-state index in [-0.39, 0.29) is 11.4 Å². The Morgan fingerprint density at radius 3 is 2.35 bits per heavy atom. The van der Waals surface area contributed by atoms with E-state index >= 15 is 0 Å². The van der Waals surface area contributed by atoms with Crippen molar-refractivity contribution >= 4 is 11.7 Å². The Balaban J connectivity index is 1.89. The summed E-state index contributed by atoms with van der Waals surface area (Å²) in [6.45, 7) is 5.38. The molecule has 0 saturated heterocycles. The van der Waals surface area contributed by atoms with E-state index in [1.54, 1.807) is 39.0 Å². The summed E-state index contributed by atoms with van der Waals surface area (Å²) in [6, 6.07) is 6.55. The normalized spacial score (nSPS) is 18.8. The number of carbonyl (C=O) groups excluding carboxylic acids is 1. The largest absolute Gasteiger partial charge is 0.497 e. The zero-order chi connectivity index (χ0) is 25.4. The number of ether oxygens (including phenoxy) is 2. The molecule has 1 aliphatic carbocycles. The van der Waals surface area contributed by atoms with E-state index in [2.05, 4.69) is 10.6 Å². The van der Waals surface area contributed by atoms with Gasteiger partial charge >= 0.3 is 12.2 Å². The highest BCUT2D eigenvalue weighted by Crippen LogP contribution is 2.43. The molecule has 0 spiro atoms. The van der Waals surface area contributed by atoms with Crippen LogP contribution < -0.4 is 20.1 Å². The molecule has 3 rings (SSSR count). The molecule has 7 nitrogen and oxygen atoms in total. The summed E-state index contributed by atoms with van der Waals surface area (Å²) in [5, 5.41) is 25.8. The smallest absolute Gasteiger partial charge is 0.418 e. The van der Waals surface area contributed by atoms with Gasteiger partial charge in [0.2, 0.25) is 0 Å². The molecule has 4 N–H and O–H groups in total. The standard InChI is InChI=1S/C24H29F3N2O5/c1-23(2,3)13-10-16(21(31)24(25,26)27)20(34-5)18(11-13)29-22(32)28-17-9-12-8-14(33-4)6-7-15(12)19(17)30/h6-8,10-11,17,19,21,30-31H,9H2,1-5H3,(H2,28,29,32). The molecule has 0 heterocycles. The van der Waals surface area contributed by atoms with Gasteiger partial charge in [0.05, 0.1) is 32.1 Å². The van der Waals surface area contributed by atoms with E-state index in [4.69, 9.17) is 9.47 Å². The van der Waals surface area contributed by atoms with Crippen LogP contribution in [0.5, 0.6) is 11.5 Å². The van der Waals surface area contributed by atoms with Crippen LogP contribution in [0.25, 0.3) is 0 Å². The van der Waals surface area contributed by atoms with Gasteiger partial charge in [-0.05, 0) is 52.8 Å². The maximum atomic E-state index is 13.3. The number of urea groups is 1. The van der Waals surface area contributed by atoms with Gasteiger partial charge in [0, 0.05) is 5.56 Å². The second-order valence-electron chi connectivity index (χ2n) is 9.26. The van der Waals surface area contributed by atoms with E-state index < -0.39 is 41.4 Å². The monoisotopic (exact) mass is 482 g/mol. The summed E-state index contributed by atoms with van der Waals surface area (Å²) in [4.78, 5) is 12.8. The first kappa shape index (κ1) is 25.6. The second kappa shape index (κ2) is 9.34. The summed E-state index contributed by atoms with van der Waals surface area (Å²) in [5.74, 6) is 0.323. The minimum Gasteiger partial charge on any atom is -0.497 e. The van der Waals surface area contributed by atoms with Crippen LogP contribution in [0, 0.1) is 0 Å². The van der Waals surface area contributed by atoms with Gasteiger partial charge in [0.1, 0.15) is 11.5 Å². The number of fused-ring (bicyclic) bond motifs is 1. The highest BCUT2D eigenvalue weighted by molar-refractivity contribution is 5.92. The number of amides is 2. The van der Waals surface area contributed by atoms with Crippen LogP contribution in [-0.4, -0.2) is 42.7 Å². The van der Waals surface area contributed by atoms with Gasteiger partial charge in [0.15, 0.2) is 6.10 Å².